The van der Waals surface area contributed by atoms with Crippen molar-refractivity contribution in [2.75, 3.05) is 12.3 Å². The third kappa shape index (κ3) is 2.01. The van der Waals surface area contributed by atoms with Gasteiger partial charge in [-0.05, 0) is 25.1 Å². The van der Waals surface area contributed by atoms with E-state index in [4.69, 9.17) is 10.5 Å². The lowest BCUT2D eigenvalue weighted by Crippen LogP contribution is -2.05. The van der Waals surface area contributed by atoms with E-state index in [1.54, 1.807) is 19.2 Å². The van der Waals surface area contributed by atoms with Gasteiger partial charge in [0.05, 0.1) is 12.2 Å². The van der Waals surface area contributed by atoms with Crippen LogP contribution in [-0.4, -0.2) is 17.6 Å². The summed E-state index contributed by atoms with van der Waals surface area (Å²) < 4.78 is 4.92. The summed E-state index contributed by atoms with van der Waals surface area (Å²) in [6.45, 7) is 5.86. The van der Waals surface area contributed by atoms with Crippen molar-refractivity contribution >= 4 is 28.1 Å². The van der Waals surface area contributed by atoms with Gasteiger partial charge < -0.3 is 15.5 Å². The van der Waals surface area contributed by atoms with Crippen LogP contribution in [0.2, 0.25) is 0 Å². The molecule has 88 valence electrons. The van der Waals surface area contributed by atoms with E-state index in [2.05, 4.69) is 11.6 Å². The van der Waals surface area contributed by atoms with E-state index < -0.39 is 5.97 Å². The zero-order chi connectivity index (χ0) is 12.4. The van der Waals surface area contributed by atoms with Crippen molar-refractivity contribution in [3.63, 3.8) is 0 Å². The first-order valence-electron chi connectivity index (χ1n) is 5.36. The Labute approximate surface area is 99.1 Å². The Morgan fingerprint density at radius 3 is 3.00 bits per heavy atom. The monoisotopic (exact) mass is 230 g/mol. The third-order valence-corrected chi connectivity index (χ3v) is 2.55. The molecule has 0 spiro atoms. The number of carbonyl (C=O) groups excluding carboxylic acids is 1. The van der Waals surface area contributed by atoms with Crippen LogP contribution in [0, 0.1) is 0 Å². The Bertz CT molecular complexity index is 584. The molecule has 0 bridgehead atoms. The number of aromatic amines is 1. The maximum atomic E-state index is 11.6. The molecule has 4 nitrogen and oxygen atoms in total. The minimum Gasteiger partial charge on any atom is -0.462 e. The summed E-state index contributed by atoms with van der Waals surface area (Å²) in [7, 11) is 0. The number of ether oxygens (including phenoxy) is 1. The number of benzene rings is 1. The molecule has 0 atom stereocenters. The Hall–Kier alpha value is -2.23. The van der Waals surface area contributed by atoms with Crippen LogP contribution in [-0.2, 0) is 9.53 Å². The first-order chi connectivity index (χ1) is 8.13. The molecule has 0 amide bonds. The maximum absolute atomic E-state index is 11.6. The zero-order valence-electron chi connectivity index (χ0n) is 9.62. The van der Waals surface area contributed by atoms with Crippen molar-refractivity contribution in [1.29, 1.82) is 0 Å². The number of nitrogen functional groups attached to an aromatic ring is 1. The molecule has 0 aliphatic heterocycles. The molecule has 17 heavy (non-hydrogen) atoms. The molecular weight excluding hydrogens is 216 g/mol. The lowest BCUT2D eigenvalue weighted by molar-refractivity contribution is -0.136. The molecule has 0 fully saturated rings. The average Bonchev–Trinajstić information content (AvgIpc) is 2.71. The Balaban J connectivity index is 2.45. The highest BCUT2D eigenvalue weighted by atomic mass is 16.5. The number of nitrogens with two attached hydrogens (primary N) is 1. The summed E-state index contributed by atoms with van der Waals surface area (Å²) in [5.41, 5.74) is 8.36. The standard InChI is InChI=1S/C13H14N2O2/c1-3-17-13(16)8(2)11-7-15-12-5-4-9(14)6-10(11)12/h4-7,15H,2-3,14H2,1H3. The predicted octanol–water partition coefficient (Wildman–Crippen LogP) is 2.33. The van der Waals surface area contributed by atoms with Crippen LogP contribution in [0.1, 0.15) is 12.5 Å². The molecule has 0 saturated carbocycles. The van der Waals surface area contributed by atoms with Gasteiger partial charge >= 0.3 is 5.97 Å². The van der Waals surface area contributed by atoms with Gasteiger partial charge in [-0.2, -0.15) is 0 Å². The molecule has 3 N–H and O–H groups in total. The van der Waals surface area contributed by atoms with Gasteiger partial charge in [0.25, 0.3) is 0 Å². The molecule has 0 aliphatic rings. The topological polar surface area (TPSA) is 68.1 Å². The molecule has 1 heterocycles. The Morgan fingerprint density at radius 2 is 2.29 bits per heavy atom. The van der Waals surface area contributed by atoms with E-state index >= 15 is 0 Å². The molecule has 2 aromatic rings. The average molecular weight is 230 g/mol. The largest absolute Gasteiger partial charge is 0.462 e. The van der Waals surface area contributed by atoms with Gasteiger partial charge in [0, 0.05) is 28.4 Å². The third-order valence-electron chi connectivity index (χ3n) is 2.55. The lowest BCUT2D eigenvalue weighted by atomic mass is 10.1. The van der Waals surface area contributed by atoms with E-state index in [9.17, 15) is 4.79 Å². The Kier molecular flexibility index (Phi) is 2.87. The van der Waals surface area contributed by atoms with Crippen LogP contribution in [0.4, 0.5) is 5.69 Å². The summed E-state index contributed by atoms with van der Waals surface area (Å²) >= 11 is 0. The van der Waals surface area contributed by atoms with Crippen molar-refractivity contribution < 1.29 is 9.53 Å². The van der Waals surface area contributed by atoms with Crippen molar-refractivity contribution in [3.8, 4) is 0 Å². The fourth-order valence-corrected chi connectivity index (χ4v) is 1.72. The normalized spacial score (nSPS) is 10.4. The number of rotatable bonds is 3. The minimum atomic E-state index is -0.407. The molecule has 1 aromatic carbocycles. The van der Waals surface area contributed by atoms with Gasteiger partial charge in [0.2, 0.25) is 0 Å². The Morgan fingerprint density at radius 1 is 1.53 bits per heavy atom. The fraction of sp³-hybridized carbons (Fsp3) is 0.154. The molecule has 0 aliphatic carbocycles. The second-order valence-corrected chi connectivity index (χ2v) is 3.71. The predicted molar refractivity (Wildman–Crippen MR) is 68.4 cm³/mol. The maximum Gasteiger partial charge on any atom is 0.338 e. The lowest BCUT2D eigenvalue weighted by Gasteiger charge is -2.04. The zero-order valence-corrected chi connectivity index (χ0v) is 9.62. The van der Waals surface area contributed by atoms with Crippen LogP contribution in [0.5, 0.6) is 0 Å². The SMILES string of the molecule is C=C(C(=O)OCC)c1c[nH]c2ccc(N)cc12. The number of anilines is 1. The van der Waals surface area contributed by atoms with Crippen LogP contribution >= 0.6 is 0 Å². The highest BCUT2D eigenvalue weighted by molar-refractivity contribution is 6.19. The fourth-order valence-electron chi connectivity index (χ4n) is 1.72. The summed E-state index contributed by atoms with van der Waals surface area (Å²) in [4.78, 5) is 14.7. The van der Waals surface area contributed by atoms with Crippen LogP contribution in [0.3, 0.4) is 0 Å². The van der Waals surface area contributed by atoms with Gasteiger partial charge in [0.1, 0.15) is 0 Å². The highest BCUT2D eigenvalue weighted by Crippen LogP contribution is 2.26. The summed E-state index contributed by atoms with van der Waals surface area (Å²) in [5, 5.41) is 0.878. The highest BCUT2D eigenvalue weighted by Gasteiger charge is 2.14. The van der Waals surface area contributed by atoms with E-state index in [1.807, 2.05) is 12.1 Å². The number of hydrogen-bond donors (Lipinski definition) is 2. The number of esters is 1. The van der Waals surface area contributed by atoms with Gasteiger partial charge in [-0.15, -0.1) is 0 Å². The molecule has 1 aromatic heterocycles. The molecule has 4 heteroatoms. The van der Waals surface area contributed by atoms with Crippen LogP contribution in [0.15, 0.2) is 31.0 Å². The molecule has 2 rings (SSSR count). The molecule has 0 saturated heterocycles. The van der Waals surface area contributed by atoms with Crippen molar-refractivity contribution in [3.05, 3.63) is 36.5 Å². The summed E-state index contributed by atoms with van der Waals surface area (Å²) in [5.74, 6) is -0.407. The van der Waals surface area contributed by atoms with Crippen molar-refractivity contribution in [1.82, 2.24) is 4.98 Å². The smallest absolute Gasteiger partial charge is 0.338 e. The number of nitrogens with one attached hydrogen (secondary N) is 1. The van der Waals surface area contributed by atoms with E-state index in [0.29, 0.717) is 17.9 Å². The minimum absolute atomic E-state index is 0.336. The quantitative estimate of drug-likeness (QED) is 0.483. The van der Waals surface area contributed by atoms with Gasteiger partial charge in [-0.25, -0.2) is 4.79 Å². The first kappa shape index (κ1) is 11.3. The van der Waals surface area contributed by atoms with E-state index in [-0.39, 0.29) is 0 Å². The van der Waals surface area contributed by atoms with E-state index in [1.165, 1.54) is 0 Å². The second kappa shape index (κ2) is 4.33. The number of carbonyl (C=O) groups is 1. The second-order valence-electron chi connectivity index (χ2n) is 3.71. The van der Waals surface area contributed by atoms with Crippen molar-refractivity contribution in [2.24, 2.45) is 0 Å². The van der Waals surface area contributed by atoms with Gasteiger partial charge in [-0.3, -0.25) is 0 Å². The molecule has 0 radical (unpaired) electrons. The number of fused-ring (bicyclic) bond motifs is 1. The van der Waals surface area contributed by atoms with Crippen LogP contribution < -0.4 is 5.73 Å². The van der Waals surface area contributed by atoms with Crippen LogP contribution in [0.25, 0.3) is 16.5 Å². The number of H-pyrrole nitrogens is 1. The molecule has 0 unspecified atom stereocenters. The summed E-state index contributed by atoms with van der Waals surface area (Å²) in [6, 6.07) is 5.48. The van der Waals surface area contributed by atoms with Gasteiger partial charge in [0.15, 0.2) is 0 Å². The summed E-state index contributed by atoms with van der Waals surface area (Å²) in [6.07, 6.45) is 1.74. The number of hydrogen-bond acceptors (Lipinski definition) is 3. The van der Waals surface area contributed by atoms with Crippen molar-refractivity contribution in [2.45, 2.75) is 6.92 Å². The molecular formula is C13H14N2O2. The number of aromatic nitrogens is 1. The van der Waals surface area contributed by atoms with Gasteiger partial charge in [-0.1, -0.05) is 6.58 Å². The van der Waals surface area contributed by atoms with E-state index in [0.717, 1.165) is 16.5 Å². The first-order valence-corrected chi connectivity index (χ1v) is 5.36.